The van der Waals surface area contributed by atoms with Gasteiger partial charge in [-0.1, -0.05) is 0 Å². The predicted molar refractivity (Wildman–Crippen MR) is 91.3 cm³/mol. The second-order valence-corrected chi connectivity index (χ2v) is 5.75. The first-order valence-electron chi connectivity index (χ1n) is 7.74. The highest BCUT2D eigenvalue weighted by molar-refractivity contribution is 5.90. The van der Waals surface area contributed by atoms with Crippen LogP contribution in [-0.4, -0.2) is 51.8 Å². The van der Waals surface area contributed by atoms with E-state index >= 15 is 0 Å². The molecule has 1 aromatic carbocycles. The highest BCUT2D eigenvalue weighted by Gasteiger charge is 2.26. The van der Waals surface area contributed by atoms with Crippen molar-refractivity contribution in [2.75, 3.05) is 20.1 Å². The van der Waals surface area contributed by atoms with Gasteiger partial charge in [-0.25, -0.2) is 14.1 Å². The normalized spacial score (nSPS) is 17.5. The molecular weight excluding hydrogens is 333 g/mol. The number of hydrogen-bond acceptors (Lipinski definition) is 4. The average Bonchev–Trinajstić information content (AvgIpc) is 2.97. The van der Waals surface area contributed by atoms with Crippen LogP contribution in [0.1, 0.15) is 29.3 Å². The summed E-state index contributed by atoms with van der Waals surface area (Å²) in [5.41, 5.74) is 0.683. The topological polar surface area (TPSA) is 63.1 Å². The Morgan fingerprint density at radius 1 is 1.33 bits per heavy atom. The summed E-state index contributed by atoms with van der Waals surface area (Å²) in [7, 11) is 1.91. The van der Waals surface area contributed by atoms with Crippen LogP contribution in [0, 0.1) is 12.7 Å². The molecule has 1 aliphatic rings. The number of aryl methyl sites for hydroxylation is 1. The van der Waals surface area contributed by atoms with Crippen molar-refractivity contribution in [2.24, 2.45) is 0 Å². The number of benzene rings is 1. The molecule has 0 radical (unpaired) electrons. The lowest BCUT2D eigenvalue weighted by Gasteiger charge is -2.31. The van der Waals surface area contributed by atoms with Crippen LogP contribution in [0.5, 0.6) is 0 Å². The number of carbonyl (C=O) groups is 1. The number of hydrogen-bond donors (Lipinski definition) is 1. The van der Waals surface area contributed by atoms with Crippen LogP contribution >= 0.6 is 12.4 Å². The fraction of sp³-hybridized carbons (Fsp3) is 0.438. The van der Waals surface area contributed by atoms with Crippen LogP contribution < -0.4 is 5.32 Å². The third-order valence-corrected chi connectivity index (χ3v) is 4.15. The lowest BCUT2D eigenvalue weighted by molar-refractivity contribution is 0.0686. The number of likely N-dealkylation sites (tertiary alicyclic amines) is 1. The van der Waals surface area contributed by atoms with Gasteiger partial charge < -0.3 is 10.2 Å². The summed E-state index contributed by atoms with van der Waals surface area (Å²) < 4.78 is 14.6. The van der Waals surface area contributed by atoms with Gasteiger partial charge in [0.1, 0.15) is 11.6 Å². The van der Waals surface area contributed by atoms with Crippen molar-refractivity contribution < 1.29 is 9.18 Å². The highest BCUT2D eigenvalue weighted by atomic mass is 35.5. The van der Waals surface area contributed by atoms with Crippen LogP contribution in [0.4, 0.5) is 4.39 Å². The number of nitrogens with zero attached hydrogens (tertiary/aromatic N) is 4. The predicted octanol–water partition coefficient (Wildman–Crippen LogP) is 1.96. The number of halogens is 2. The van der Waals surface area contributed by atoms with Crippen molar-refractivity contribution in [1.82, 2.24) is 25.0 Å². The molecule has 1 aliphatic heterocycles. The van der Waals surface area contributed by atoms with E-state index in [-0.39, 0.29) is 30.0 Å². The first kappa shape index (κ1) is 18.4. The quantitative estimate of drug-likeness (QED) is 0.916. The molecule has 2 heterocycles. The molecule has 1 amide bonds. The van der Waals surface area contributed by atoms with Crippen LogP contribution in [0.15, 0.2) is 24.3 Å². The molecular formula is C16H21ClFN5O. The number of aromatic nitrogens is 3. The molecule has 8 heteroatoms. The first-order chi connectivity index (χ1) is 11.1. The van der Waals surface area contributed by atoms with Crippen LogP contribution in [0.2, 0.25) is 0 Å². The van der Waals surface area contributed by atoms with Gasteiger partial charge in [-0.2, -0.15) is 0 Å². The molecule has 130 valence electrons. The van der Waals surface area contributed by atoms with Gasteiger partial charge in [0.2, 0.25) is 5.82 Å². The fourth-order valence-corrected chi connectivity index (χ4v) is 2.85. The lowest BCUT2D eigenvalue weighted by atomic mass is 10.1. The van der Waals surface area contributed by atoms with Crippen molar-refractivity contribution in [3.63, 3.8) is 0 Å². The number of piperidine rings is 1. The van der Waals surface area contributed by atoms with Gasteiger partial charge in [-0.15, -0.1) is 17.5 Å². The van der Waals surface area contributed by atoms with E-state index in [1.807, 2.05) is 7.05 Å². The highest BCUT2D eigenvalue weighted by Crippen LogP contribution is 2.15. The third-order valence-electron chi connectivity index (χ3n) is 4.15. The minimum absolute atomic E-state index is 0. The monoisotopic (exact) mass is 353 g/mol. The van der Waals surface area contributed by atoms with Crippen LogP contribution in [-0.2, 0) is 0 Å². The Labute approximate surface area is 146 Å². The number of amides is 1. The van der Waals surface area contributed by atoms with Crippen molar-refractivity contribution in [3.05, 3.63) is 41.7 Å². The van der Waals surface area contributed by atoms with E-state index in [0.717, 1.165) is 19.4 Å². The Morgan fingerprint density at radius 3 is 2.71 bits per heavy atom. The Hall–Kier alpha value is -1.99. The number of nitrogens with one attached hydrogen (secondary N) is 1. The summed E-state index contributed by atoms with van der Waals surface area (Å²) in [6.45, 7) is 3.17. The molecule has 0 aliphatic carbocycles. The van der Waals surface area contributed by atoms with Gasteiger partial charge >= 0.3 is 0 Å². The zero-order valence-corrected chi connectivity index (χ0v) is 14.5. The molecule has 1 unspecified atom stereocenters. The van der Waals surface area contributed by atoms with Gasteiger partial charge in [0, 0.05) is 19.1 Å². The maximum atomic E-state index is 13.0. The molecule has 0 saturated carbocycles. The third kappa shape index (κ3) is 3.73. The zero-order chi connectivity index (χ0) is 16.4. The maximum absolute atomic E-state index is 13.0. The lowest BCUT2D eigenvalue weighted by Crippen LogP contribution is -2.47. The van der Waals surface area contributed by atoms with Crippen molar-refractivity contribution in [3.8, 4) is 5.69 Å². The molecule has 2 aromatic rings. The van der Waals surface area contributed by atoms with E-state index in [1.165, 1.54) is 12.1 Å². The Balaban J connectivity index is 0.00000208. The van der Waals surface area contributed by atoms with E-state index in [0.29, 0.717) is 24.1 Å². The van der Waals surface area contributed by atoms with E-state index in [2.05, 4.69) is 15.4 Å². The second kappa shape index (κ2) is 7.72. The summed E-state index contributed by atoms with van der Waals surface area (Å²) in [5.74, 6) is 0.314. The minimum atomic E-state index is -0.311. The SMILES string of the molecule is CNC1CCCN(C(=O)c2nc(C)n(-c3ccc(F)cc3)n2)C1.Cl. The molecule has 1 N–H and O–H groups in total. The molecule has 1 saturated heterocycles. The standard InChI is InChI=1S/C16H20FN5O.ClH/c1-11-19-15(16(23)21-9-3-4-13(10-21)18-2)20-22(11)14-7-5-12(17)6-8-14;/h5-8,13,18H,3-4,9-10H2,1-2H3;1H. The summed E-state index contributed by atoms with van der Waals surface area (Å²) in [6, 6.07) is 6.26. The zero-order valence-electron chi connectivity index (χ0n) is 13.7. The maximum Gasteiger partial charge on any atom is 0.293 e. The van der Waals surface area contributed by atoms with Crippen molar-refractivity contribution >= 4 is 18.3 Å². The molecule has 1 fully saturated rings. The molecule has 1 aromatic heterocycles. The van der Waals surface area contributed by atoms with Gasteiger partial charge in [0.15, 0.2) is 0 Å². The molecule has 0 spiro atoms. The Bertz CT molecular complexity index is 703. The fourth-order valence-electron chi connectivity index (χ4n) is 2.85. The van der Waals surface area contributed by atoms with Gasteiger partial charge in [0.25, 0.3) is 5.91 Å². The van der Waals surface area contributed by atoms with E-state index in [1.54, 1.807) is 28.6 Å². The number of carbonyl (C=O) groups excluding carboxylic acids is 1. The van der Waals surface area contributed by atoms with Crippen LogP contribution in [0.3, 0.4) is 0 Å². The molecule has 1 atom stereocenters. The van der Waals surface area contributed by atoms with E-state index in [4.69, 9.17) is 0 Å². The summed E-state index contributed by atoms with van der Waals surface area (Å²) >= 11 is 0. The second-order valence-electron chi connectivity index (χ2n) is 5.75. The van der Waals surface area contributed by atoms with Crippen LogP contribution in [0.25, 0.3) is 5.69 Å². The van der Waals surface area contributed by atoms with Crippen molar-refractivity contribution in [2.45, 2.75) is 25.8 Å². The van der Waals surface area contributed by atoms with E-state index in [9.17, 15) is 9.18 Å². The average molecular weight is 354 g/mol. The molecule has 0 bridgehead atoms. The Morgan fingerprint density at radius 2 is 2.04 bits per heavy atom. The van der Waals surface area contributed by atoms with Gasteiger partial charge in [0.05, 0.1) is 5.69 Å². The van der Waals surface area contributed by atoms with Crippen molar-refractivity contribution in [1.29, 1.82) is 0 Å². The molecule has 24 heavy (non-hydrogen) atoms. The minimum Gasteiger partial charge on any atom is -0.334 e. The van der Waals surface area contributed by atoms with Gasteiger partial charge in [-0.05, 0) is 51.1 Å². The molecule has 3 rings (SSSR count). The summed E-state index contributed by atoms with van der Waals surface area (Å²) in [6.07, 6.45) is 2.03. The number of rotatable bonds is 3. The molecule has 6 nitrogen and oxygen atoms in total. The number of likely N-dealkylation sites (N-methyl/N-ethyl adjacent to an activating group) is 1. The van der Waals surface area contributed by atoms with E-state index < -0.39 is 0 Å². The summed E-state index contributed by atoms with van der Waals surface area (Å²) in [5, 5.41) is 7.52. The largest absolute Gasteiger partial charge is 0.334 e. The Kier molecular flexibility index (Phi) is 5.90. The van der Waals surface area contributed by atoms with Gasteiger partial charge in [-0.3, -0.25) is 4.79 Å². The summed E-state index contributed by atoms with van der Waals surface area (Å²) in [4.78, 5) is 18.7. The first-order valence-corrected chi connectivity index (χ1v) is 7.74. The smallest absolute Gasteiger partial charge is 0.293 e.